The summed E-state index contributed by atoms with van der Waals surface area (Å²) in [4.78, 5) is 0. The van der Waals surface area contributed by atoms with Crippen molar-refractivity contribution in [1.82, 2.24) is 0 Å². The second-order valence-corrected chi connectivity index (χ2v) is 4.82. The molecule has 0 amide bonds. The van der Waals surface area contributed by atoms with Crippen LogP contribution in [-0.2, 0) is 0 Å². The number of hydrogen-bond donors (Lipinski definition) is 1. The summed E-state index contributed by atoms with van der Waals surface area (Å²) in [5, 5.41) is 0. The van der Waals surface area contributed by atoms with E-state index in [0.29, 0.717) is 17.9 Å². The smallest absolute Gasteiger partial charge is 0.403 e. The fraction of sp³-hybridized carbons (Fsp3) is 0.538. The topological polar surface area (TPSA) is 35.2 Å². The van der Waals surface area contributed by atoms with Crippen molar-refractivity contribution in [3.63, 3.8) is 0 Å². The van der Waals surface area contributed by atoms with Gasteiger partial charge < -0.3 is 10.5 Å². The Morgan fingerprint density at radius 2 is 1.84 bits per heavy atom. The third kappa shape index (κ3) is 5.46. The third-order valence-corrected chi connectivity index (χ3v) is 2.66. The van der Waals surface area contributed by atoms with Crippen molar-refractivity contribution in [2.24, 2.45) is 11.7 Å². The van der Waals surface area contributed by atoms with Gasteiger partial charge in [0.05, 0.1) is 0 Å². The molecular formula is C13H17F4NO. The highest BCUT2D eigenvalue weighted by Crippen LogP contribution is 2.28. The number of hydrogen-bond acceptors (Lipinski definition) is 2. The Hall–Kier alpha value is -1.30. The summed E-state index contributed by atoms with van der Waals surface area (Å²) in [6, 6.07) is 2.91. The lowest BCUT2D eigenvalue weighted by Gasteiger charge is -2.15. The Morgan fingerprint density at radius 3 is 2.32 bits per heavy atom. The van der Waals surface area contributed by atoms with Crippen LogP contribution in [0.2, 0.25) is 0 Å². The van der Waals surface area contributed by atoms with Gasteiger partial charge >= 0.3 is 6.36 Å². The lowest BCUT2D eigenvalue weighted by atomic mass is 9.98. The molecule has 6 heteroatoms. The second-order valence-electron chi connectivity index (χ2n) is 4.82. The van der Waals surface area contributed by atoms with E-state index in [1.807, 2.05) is 13.8 Å². The molecule has 0 bridgehead atoms. The molecule has 0 saturated heterocycles. The fourth-order valence-electron chi connectivity index (χ4n) is 1.63. The largest absolute Gasteiger partial charge is 0.573 e. The van der Waals surface area contributed by atoms with Crippen LogP contribution in [0.5, 0.6) is 5.75 Å². The molecule has 1 atom stereocenters. The van der Waals surface area contributed by atoms with Crippen LogP contribution >= 0.6 is 0 Å². The minimum Gasteiger partial charge on any atom is -0.403 e. The second kappa shape index (κ2) is 6.23. The van der Waals surface area contributed by atoms with Gasteiger partial charge in [-0.3, -0.25) is 0 Å². The molecule has 0 aliphatic carbocycles. The molecular weight excluding hydrogens is 262 g/mol. The van der Waals surface area contributed by atoms with E-state index in [2.05, 4.69) is 4.74 Å². The average Bonchev–Trinajstić information content (AvgIpc) is 2.27. The zero-order valence-electron chi connectivity index (χ0n) is 10.8. The summed E-state index contributed by atoms with van der Waals surface area (Å²) in [6.45, 7) is 4.07. The first-order chi connectivity index (χ1) is 8.69. The van der Waals surface area contributed by atoms with Gasteiger partial charge in [0.25, 0.3) is 0 Å². The predicted molar refractivity (Wildman–Crippen MR) is 64.1 cm³/mol. The zero-order valence-corrected chi connectivity index (χ0v) is 10.8. The van der Waals surface area contributed by atoms with E-state index >= 15 is 0 Å². The van der Waals surface area contributed by atoms with Gasteiger partial charge in [-0.1, -0.05) is 19.9 Å². The molecule has 0 aliphatic rings. The molecule has 1 aromatic carbocycles. The monoisotopic (exact) mass is 279 g/mol. The summed E-state index contributed by atoms with van der Waals surface area (Å²) in [5.41, 5.74) is 6.33. The quantitative estimate of drug-likeness (QED) is 0.821. The van der Waals surface area contributed by atoms with Crippen LogP contribution in [0, 0.1) is 11.7 Å². The van der Waals surface area contributed by atoms with Crippen LogP contribution < -0.4 is 10.5 Å². The molecule has 0 spiro atoms. The Morgan fingerprint density at radius 1 is 1.21 bits per heavy atom. The summed E-state index contributed by atoms with van der Waals surface area (Å²) < 4.78 is 52.9. The summed E-state index contributed by atoms with van der Waals surface area (Å²) in [5.74, 6) is -1.44. The maximum atomic E-state index is 13.5. The molecule has 1 aromatic rings. The van der Waals surface area contributed by atoms with Crippen molar-refractivity contribution in [3.8, 4) is 5.75 Å². The van der Waals surface area contributed by atoms with E-state index in [-0.39, 0.29) is 0 Å². The Labute approximate surface area is 109 Å². The van der Waals surface area contributed by atoms with Crippen molar-refractivity contribution >= 4 is 0 Å². The number of halogens is 4. The highest BCUT2D eigenvalue weighted by Gasteiger charge is 2.32. The van der Waals surface area contributed by atoms with Crippen molar-refractivity contribution in [2.75, 3.05) is 0 Å². The van der Waals surface area contributed by atoms with Crippen molar-refractivity contribution in [3.05, 3.63) is 29.6 Å². The van der Waals surface area contributed by atoms with Crippen LogP contribution in [0.25, 0.3) is 0 Å². The lowest BCUT2D eigenvalue weighted by molar-refractivity contribution is -0.275. The van der Waals surface area contributed by atoms with Gasteiger partial charge in [-0.25, -0.2) is 4.39 Å². The molecule has 0 aromatic heterocycles. The maximum Gasteiger partial charge on any atom is 0.573 e. The Bertz CT molecular complexity index is 418. The molecule has 2 N–H and O–H groups in total. The van der Waals surface area contributed by atoms with Gasteiger partial charge in [0.1, 0.15) is 0 Å². The van der Waals surface area contributed by atoms with Gasteiger partial charge in [0, 0.05) is 6.04 Å². The molecule has 1 rings (SSSR count). The maximum absolute atomic E-state index is 13.5. The van der Waals surface area contributed by atoms with Crippen LogP contribution in [0.4, 0.5) is 17.6 Å². The molecule has 108 valence electrons. The number of ether oxygens (including phenoxy) is 1. The van der Waals surface area contributed by atoms with Crippen LogP contribution in [0.15, 0.2) is 18.2 Å². The van der Waals surface area contributed by atoms with E-state index in [0.717, 1.165) is 18.6 Å². The molecule has 0 heterocycles. The Balaban J connectivity index is 2.76. The van der Waals surface area contributed by atoms with E-state index < -0.39 is 24.0 Å². The van der Waals surface area contributed by atoms with Crippen LogP contribution in [0.1, 0.15) is 38.3 Å². The fourth-order valence-corrected chi connectivity index (χ4v) is 1.63. The first-order valence-electron chi connectivity index (χ1n) is 6.00. The SMILES string of the molecule is CC(C)CC[C@H](N)c1ccc(OC(F)(F)F)c(F)c1. The highest BCUT2D eigenvalue weighted by molar-refractivity contribution is 5.31. The summed E-state index contributed by atoms with van der Waals surface area (Å²) in [7, 11) is 0. The Kier molecular flexibility index (Phi) is 5.17. The van der Waals surface area contributed by atoms with Crippen molar-refractivity contribution in [1.29, 1.82) is 0 Å². The van der Waals surface area contributed by atoms with E-state index in [4.69, 9.17) is 5.73 Å². The minimum absolute atomic E-state index is 0.392. The van der Waals surface area contributed by atoms with E-state index in [1.54, 1.807) is 0 Å². The molecule has 0 fully saturated rings. The number of rotatable bonds is 5. The van der Waals surface area contributed by atoms with Gasteiger partial charge in [-0.15, -0.1) is 13.2 Å². The van der Waals surface area contributed by atoms with Gasteiger partial charge in [0.2, 0.25) is 0 Å². The predicted octanol–water partition coefficient (Wildman–Crippen LogP) is 4.16. The third-order valence-electron chi connectivity index (χ3n) is 2.66. The first-order valence-corrected chi connectivity index (χ1v) is 6.00. The standard InChI is InChI=1S/C13H17F4NO/c1-8(2)3-5-11(18)9-4-6-12(10(14)7-9)19-13(15,16)17/h4,6-8,11H,3,5,18H2,1-2H3/t11-/m0/s1. The summed E-state index contributed by atoms with van der Waals surface area (Å²) in [6.07, 6.45) is -3.39. The molecule has 2 nitrogen and oxygen atoms in total. The number of nitrogens with two attached hydrogens (primary N) is 1. The molecule has 0 radical (unpaired) electrons. The first kappa shape index (κ1) is 15.8. The zero-order chi connectivity index (χ0) is 14.6. The molecule has 0 unspecified atom stereocenters. The van der Waals surface area contributed by atoms with Gasteiger partial charge in [0.15, 0.2) is 11.6 Å². The highest BCUT2D eigenvalue weighted by atomic mass is 19.4. The number of alkyl halides is 3. The molecule has 19 heavy (non-hydrogen) atoms. The lowest BCUT2D eigenvalue weighted by Crippen LogP contribution is -2.18. The van der Waals surface area contributed by atoms with Gasteiger partial charge in [-0.05, 0) is 36.5 Å². The van der Waals surface area contributed by atoms with Gasteiger partial charge in [-0.2, -0.15) is 0 Å². The number of benzene rings is 1. The van der Waals surface area contributed by atoms with E-state index in [9.17, 15) is 17.6 Å². The van der Waals surface area contributed by atoms with Crippen molar-refractivity contribution in [2.45, 2.75) is 39.1 Å². The van der Waals surface area contributed by atoms with Crippen molar-refractivity contribution < 1.29 is 22.3 Å². The van der Waals surface area contributed by atoms with Crippen LogP contribution in [0.3, 0.4) is 0 Å². The minimum atomic E-state index is -4.90. The normalized spacial score (nSPS) is 13.7. The van der Waals surface area contributed by atoms with Crippen LogP contribution in [-0.4, -0.2) is 6.36 Å². The average molecular weight is 279 g/mol. The van der Waals surface area contributed by atoms with E-state index in [1.165, 1.54) is 6.07 Å². The summed E-state index contributed by atoms with van der Waals surface area (Å²) >= 11 is 0. The molecule has 0 aliphatic heterocycles. The molecule has 0 saturated carbocycles.